The number of rotatable bonds is 1. The number of nitrogens with zero attached hydrogens (tertiary/aromatic N) is 1. The molecule has 1 N–H and O–H groups in total. The largest absolute Gasteiger partial charge is 0.290 e. The molecule has 0 saturated heterocycles. The summed E-state index contributed by atoms with van der Waals surface area (Å²) in [6.45, 7) is 0. The van der Waals surface area contributed by atoms with Gasteiger partial charge in [-0.05, 0) is 6.08 Å². The van der Waals surface area contributed by atoms with E-state index in [1.165, 1.54) is 0 Å². The minimum Gasteiger partial charge on any atom is -0.290 e. The van der Waals surface area contributed by atoms with E-state index in [-0.39, 0.29) is 0 Å². The van der Waals surface area contributed by atoms with E-state index < -0.39 is 0 Å². The van der Waals surface area contributed by atoms with Crippen molar-refractivity contribution in [2.45, 2.75) is 6.42 Å². The van der Waals surface area contributed by atoms with Crippen LogP contribution in [0.5, 0.6) is 0 Å². The monoisotopic (exact) mass is 120 g/mol. The van der Waals surface area contributed by atoms with E-state index in [0.717, 1.165) is 18.5 Å². The Morgan fingerprint density at radius 2 is 2.44 bits per heavy atom. The fourth-order valence-corrected chi connectivity index (χ4v) is 0.681. The van der Waals surface area contributed by atoms with Crippen LogP contribution in [0.2, 0.25) is 0 Å². The second kappa shape index (κ2) is 2.97. The molecule has 0 atom stereocenters. The highest BCUT2D eigenvalue weighted by molar-refractivity contribution is 6.00. The average molecular weight is 120 g/mol. The van der Waals surface area contributed by atoms with Crippen LogP contribution in [0, 0.1) is 5.41 Å². The van der Waals surface area contributed by atoms with Gasteiger partial charge in [0.1, 0.15) is 6.34 Å². The average Bonchev–Trinajstić information content (AvgIpc) is 1.91. The molecule has 1 rings (SSSR count). The van der Waals surface area contributed by atoms with Gasteiger partial charge in [-0.2, -0.15) is 0 Å². The molecule has 0 aromatic carbocycles. The van der Waals surface area contributed by atoms with E-state index in [4.69, 9.17) is 5.41 Å². The van der Waals surface area contributed by atoms with Crippen molar-refractivity contribution in [1.82, 2.24) is 0 Å². The van der Waals surface area contributed by atoms with Crippen LogP contribution in [0.3, 0.4) is 0 Å². The highest BCUT2D eigenvalue weighted by Crippen LogP contribution is 1.97. The van der Waals surface area contributed by atoms with Gasteiger partial charge in [0.25, 0.3) is 0 Å². The number of allylic oxidation sites excluding steroid dienone is 4. The van der Waals surface area contributed by atoms with Gasteiger partial charge in [-0.1, -0.05) is 18.2 Å². The van der Waals surface area contributed by atoms with Crippen molar-refractivity contribution in [3.05, 3.63) is 24.3 Å². The van der Waals surface area contributed by atoms with E-state index in [1.54, 1.807) is 0 Å². The summed E-state index contributed by atoms with van der Waals surface area (Å²) in [4.78, 5) is 3.80. The van der Waals surface area contributed by atoms with E-state index in [9.17, 15) is 0 Å². The van der Waals surface area contributed by atoms with E-state index >= 15 is 0 Å². The lowest BCUT2D eigenvalue weighted by molar-refractivity contribution is 1.42. The Balaban J connectivity index is 2.65. The summed E-state index contributed by atoms with van der Waals surface area (Å²) in [5.41, 5.74) is 0.951. The minimum absolute atomic E-state index is 0.853. The summed E-state index contributed by atoms with van der Waals surface area (Å²) in [5, 5.41) is 6.67. The minimum atomic E-state index is 0.853. The molecule has 0 spiro atoms. The number of hydrogen-bond acceptors (Lipinski definition) is 1. The van der Waals surface area contributed by atoms with Crippen LogP contribution >= 0.6 is 0 Å². The molecule has 0 amide bonds. The zero-order chi connectivity index (χ0) is 6.53. The molecule has 46 valence electrons. The topological polar surface area (TPSA) is 36.2 Å². The molecular weight excluding hydrogens is 112 g/mol. The fourth-order valence-electron chi connectivity index (χ4n) is 0.681. The van der Waals surface area contributed by atoms with Crippen LogP contribution in [0.1, 0.15) is 6.42 Å². The van der Waals surface area contributed by atoms with Crippen LogP contribution in [0.15, 0.2) is 29.3 Å². The van der Waals surface area contributed by atoms with Gasteiger partial charge in [0.05, 0.1) is 0 Å². The fraction of sp³-hybridized carbons (Fsp3) is 0.143. The molecule has 0 unspecified atom stereocenters. The van der Waals surface area contributed by atoms with Gasteiger partial charge in [-0.15, -0.1) is 0 Å². The Morgan fingerprint density at radius 1 is 1.56 bits per heavy atom. The van der Waals surface area contributed by atoms with Crippen molar-refractivity contribution in [1.29, 1.82) is 5.41 Å². The molecule has 1 aliphatic rings. The highest BCUT2D eigenvalue weighted by Gasteiger charge is 1.91. The van der Waals surface area contributed by atoms with Gasteiger partial charge < -0.3 is 0 Å². The smallest absolute Gasteiger partial charge is 0.107 e. The zero-order valence-electron chi connectivity index (χ0n) is 5.04. The quantitative estimate of drug-likeness (QED) is 0.402. The van der Waals surface area contributed by atoms with Crippen molar-refractivity contribution in [2.24, 2.45) is 4.99 Å². The molecule has 0 heterocycles. The Kier molecular flexibility index (Phi) is 1.96. The predicted octanol–water partition coefficient (Wildman–Crippen LogP) is 1.55. The standard InChI is InChI=1S/C7H8N2/c8-6-9-7-4-2-1-3-5-7/h1-4,6,8H,5H2. The van der Waals surface area contributed by atoms with Crippen molar-refractivity contribution < 1.29 is 0 Å². The van der Waals surface area contributed by atoms with Gasteiger partial charge in [0.15, 0.2) is 0 Å². The Labute approximate surface area is 54.1 Å². The third kappa shape index (κ3) is 1.64. The molecule has 9 heavy (non-hydrogen) atoms. The van der Waals surface area contributed by atoms with Gasteiger partial charge in [0.2, 0.25) is 0 Å². The number of aliphatic imine (C=N–C) groups is 1. The van der Waals surface area contributed by atoms with Gasteiger partial charge in [-0.3, -0.25) is 5.41 Å². The van der Waals surface area contributed by atoms with Crippen molar-refractivity contribution in [3.63, 3.8) is 0 Å². The maximum Gasteiger partial charge on any atom is 0.107 e. The molecule has 1 aliphatic carbocycles. The summed E-state index contributed by atoms with van der Waals surface area (Å²) in [7, 11) is 0. The van der Waals surface area contributed by atoms with Crippen molar-refractivity contribution in [3.8, 4) is 0 Å². The van der Waals surface area contributed by atoms with Crippen LogP contribution in [0.4, 0.5) is 0 Å². The van der Waals surface area contributed by atoms with Gasteiger partial charge >= 0.3 is 0 Å². The Hall–Kier alpha value is -1.18. The molecule has 0 bridgehead atoms. The summed E-state index contributed by atoms with van der Waals surface area (Å²) >= 11 is 0. The van der Waals surface area contributed by atoms with Crippen LogP contribution in [-0.2, 0) is 0 Å². The predicted molar refractivity (Wildman–Crippen MR) is 39.1 cm³/mol. The number of nitrogens with one attached hydrogen (secondary N) is 1. The lowest BCUT2D eigenvalue weighted by atomic mass is 10.2. The molecular formula is C7H8N2. The highest BCUT2D eigenvalue weighted by atomic mass is 14.8. The van der Waals surface area contributed by atoms with Crippen molar-refractivity contribution in [2.75, 3.05) is 0 Å². The maximum atomic E-state index is 6.67. The molecule has 2 heteroatoms. The molecule has 0 fully saturated rings. The Morgan fingerprint density at radius 3 is 3.00 bits per heavy atom. The van der Waals surface area contributed by atoms with E-state index in [0.29, 0.717) is 0 Å². The summed E-state index contributed by atoms with van der Waals surface area (Å²) in [5.74, 6) is 0. The SMILES string of the molecule is N=CN=C1C=CC=CC1. The van der Waals surface area contributed by atoms with Crippen LogP contribution < -0.4 is 0 Å². The molecule has 0 saturated carbocycles. The lowest BCUT2D eigenvalue weighted by Crippen LogP contribution is -1.93. The second-order valence-electron chi connectivity index (χ2n) is 1.74. The second-order valence-corrected chi connectivity index (χ2v) is 1.74. The maximum absolute atomic E-state index is 6.67. The first-order valence-electron chi connectivity index (χ1n) is 2.82. The molecule has 0 aromatic heterocycles. The summed E-state index contributed by atoms with van der Waals surface area (Å²) in [6.07, 6.45) is 9.74. The summed E-state index contributed by atoms with van der Waals surface area (Å²) < 4.78 is 0. The normalized spacial score (nSPS) is 20.7. The van der Waals surface area contributed by atoms with E-state index in [1.807, 2.05) is 24.3 Å². The third-order valence-electron chi connectivity index (χ3n) is 1.09. The van der Waals surface area contributed by atoms with Gasteiger partial charge in [-0.25, -0.2) is 4.99 Å². The first-order valence-corrected chi connectivity index (χ1v) is 2.82. The molecule has 0 radical (unpaired) electrons. The van der Waals surface area contributed by atoms with Crippen LogP contribution in [0.25, 0.3) is 0 Å². The van der Waals surface area contributed by atoms with Gasteiger partial charge in [0, 0.05) is 12.1 Å². The molecule has 2 nitrogen and oxygen atoms in total. The lowest BCUT2D eigenvalue weighted by Gasteiger charge is -1.95. The Bertz CT molecular complexity index is 187. The van der Waals surface area contributed by atoms with Crippen molar-refractivity contribution >= 4 is 12.1 Å². The summed E-state index contributed by atoms with van der Waals surface area (Å²) in [6, 6.07) is 0. The molecule has 0 aliphatic heterocycles. The first kappa shape index (κ1) is 5.95. The third-order valence-corrected chi connectivity index (χ3v) is 1.09. The first-order chi connectivity index (χ1) is 4.43. The zero-order valence-corrected chi connectivity index (χ0v) is 5.04. The van der Waals surface area contributed by atoms with Crippen LogP contribution in [-0.4, -0.2) is 12.1 Å². The number of hydrogen-bond donors (Lipinski definition) is 1. The van der Waals surface area contributed by atoms with E-state index in [2.05, 4.69) is 4.99 Å². The molecule has 0 aromatic rings.